The molecular formula is C20H26ClN3O3. The zero-order valence-electron chi connectivity index (χ0n) is 15.4. The van der Waals surface area contributed by atoms with Crippen LogP contribution in [0.15, 0.2) is 24.4 Å². The predicted octanol–water partition coefficient (Wildman–Crippen LogP) is 3.48. The van der Waals surface area contributed by atoms with Crippen molar-refractivity contribution in [1.29, 1.82) is 0 Å². The number of rotatable bonds is 4. The Morgan fingerprint density at radius 3 is 2.59 bits per heavy atom. The molecule has 0 bridgehead atoms. The van der Waals surface area contributed by atoms with Crippen molar-refractivity contribution in [3.8, 4) is 0 Å². The van der Waals surface area contributed by atoms with Crippen LogP contribution in [0.25, 0.3) is 10.9 Å². The summed E-state index contributed by atoms with van der Waals surface area (Å²) in [6.45, 7) is 6.72. The summed E-state index contributed by atoms with van der Waals surface area (Å²) in [6.07, 6.45) is 3.20. The largest absolute Gasteiger partial charge is 0.465 e. The predicted molar refractivity (Wildman–Crippen MR) is 106 cm³/mol. The Bertz CT molecular complexity index is 808. The summed E-state index contributed by atoms with van der Waals surface area (Å²) < 4.78 is 7.75. The molecule has 2 aromatic rings. The summed E-state index contributed by atoms with van der Waals surface area (Å²) in [4.78, 5) is 15.1. The number of hydrogen-bond acceptors (Lipinski definition) is 3. The lowest BCUT2D eigenvalue weighted by Crippen LogP contribution is -2.38. The van der Waals surface area contributed by atoms with Gasteiger partial charge in [0.15, 0.2) is 0 Å². The van der Waals surface area contributed by atoms with Gasteiger partial charge in [-0.25, -0.2) is 4.79 Å². The fourth-order valence-corrected chi connectivity index (χ4v) is 4.43. The van der Waals surface area contributed by atoms with Crippen LogP contribution in [0.5, 0.6) is 0 Å². The van der Waals surface area contributed by atoms with Crippen molar-refractivity contribution in [1.82, 2.24) is 14.4 Å². The third kappa shape index (κ3) is 4.08. The number of fused-ring (bicyclic) bond motifs is 1. The molecule has 4 rings (SSSR count). The Morgan fingerprint density at radius 1 is 1.15 bits per heavy atom. The monoisotopic (exact) mass is 391 g/mol. The van der Waals surface area contributed by atoms with E-state index in [1.165, 1.54) is 21.4 Å². The van der Waals surface area contributed by atoms with Gasteiger partial charge in [0, 0.05) is 61.4 Å². The molecule has 7 heteroatoms. The lowest BCUT2D eigenvalue weighted by molar-refractivity contribution is 0.0365. The minimum atomic E-state index is -0.812. The molecule has 27 heavy (non-hydrogen) atoms. The number of aromatic nitrogens is 1. The molecule has 0 unspecified atom stereocenters. The van der Waals surface area contributed by atoms with E-state index in [0.29, 0.717) is 19.0 Å². The third-order valence-corrected chi connectivity index (χ3v) is 6.08. The van der Waals surface area contributed by atoms with E-state index < -0.39 is 6.09 Å². The Morgan fingerprint density at radius 2 is 1.89 bits per heavy atom. The molecule has 1 N–H and O–H groups in total. The maximum Gasteiger partial charge on any atom is 0.407 e. The zero-order valence-corrected chi connectivity index (χ0v) is 16.2. The van der Waals surface area contributed by atoms with Gasteiger partial charge in [-0.3, -0.25) is 4.90 Å². The van der Waals surface area contributed by atoms with Gasteiger partial charge in [0.1, 0.15) is 0 Å². The lowest BCUT2D eigenvalue weighted by atomic mass is 9.89. The van der Waals surface area contributed by atoms with Gasteiger partial charge in [0.25, 0.3) is 0 Å². The molecule has 6 nitrogen and oxygen atoms in total. The maximum absolute atomic E-state index is 11.2. The highest BCUT2D eigenvalue weighted by atomic mass is 35.5. The molecule has 2 saturated heterocycles. The first-order chi connectivity index (χ1) is 13.1. The van der Waals surface area contributed by atoms with Crippen LogP contribution in [0, 0.1) is 0 Å². The number of ether oxygens (including phenoxy) is 1. The average Bonchev–Trinajstić information content (AvgIpc) is 3.05. The molecule has 1 amide bonds. The number of morpholine rings is 1. The second-order valence-corrected chi connectivity index (χ2v) is 7.87. The van der Waals surface area contributed by atoms with Crippen LogP contribution in [0.3, 0.4) is 0 Å². The Kier molecular flexibility index (Phi) is 5.57. The van der Waals surface area contributed by atoms with E-state index >= 15 is 0 Å². The van der Waals surface area contributed by atoms with Crippen molar-refractivity contribution in [2.24, 2.45) is 0 Å². The van der Waals surface area contributed by atoms with Crippen LogP contribution in [0.4, 0.5) is 4.79 Å². The van der Waals surface area contributed by atoms with Crippen molar-refractivity contribution in [2.45, 2.75) is 25.3 Å². The van der Waals surface area contributed by atoms with E-state index in [4.69, 9.17) is 16.3 Å². The number of benzene rings is 1. The summed E-state index contributed by atoms with van der Waals surface area (Å²) in [6, 6.07) is 6.11. The highest BCUT2D eigenvalue weighted by Crippen LogP contribution is 2.35. The number of likely N-dealkylation sites (tertiary alicyclic amines) is 1. The zero-order chi connectivity index (χ0) is 18.8. The molecule has 2 fully saturated rings. The van der Waals surface area contributed by atoms with Crippen molar-refractivity contribution >= 4 is 28.6 Å². The minimum absolute atomic E-state index is 0.397. The normalized spacial score (nSPS) is 19.7. The molecule has 0 radical (unpaired) electrons. The number of carbonyl (C=O) groups is 1. The van der Waals surface area contributed by atoms with Crippen LogP contribution in [-0.2, 0) is 11.3 Å². The quantitative estimate of drug-likeness (QED) is 0.866. The number of halogens is 1. The van der Waals surface area contributed by atoms with E-state index in [0.717, 1.165) is 57.3 Å². The second kappa shape index (κ2) is 8.09. The molecule has 0 aliphatic carbocycles. The second-order valence-electron chi connectivity index (χ2n) is 7.44. The van der Waals surface area contributed by atoms with Crippen LogP contribution in [-0.4, -0.2) is 71.5 Å². The summed E-state index contributed by atoms with van der Waals surface area (Å²) in [5, 5.41) is 11.2. The molecular weight excluding hydrogens is 366 g/mol. The van der Waals surface area contributed by atoms with Gasteiger partial charge in [-0.1, -0.05) is 17.7 Å². The topological polar surface area (TPSA) is 57.9 Å². The molecule has 3 heterocycles. The van der Waals surface area contributed by atoms with Crippen LogP contribution >= 0.6 is 11.6 Å². The standard InChI is InChI=1S/C20H26ClN3O3/c21-16-1-2-17-18(15-3-5-23(6-4-15)20(25)26)14-24(19(17)13-16)8-7-22-9-11-27-12-10-22/h1-2,13-15H,3-12H2,(H,25,26). The summed E-state index contributed by atoms with van der Waals surface area (Å²) in [5.74, 6) is 0.397. The highest BCUT2D eigenvalue weighted by Gasteiger charge is 2.26. The van der Waals surface area contributed by atoms with E-state index in [2.05, 4.69) is 21.7 Å². The first-order valence-corrected chi connectivity index (χ1v) is 10.1. The van der Waals surface area contributed by atoms with Crippen molar-refractivity contribution < 1.29 is 14.6 Å². The number of piperidine rings is 1. The first kappa shape index (κ1) is 18.6. The average molecular weight is 392 g/mol. The summed E-state index contributed by atoms with van der Waals surface area (Å²) >= 11 is 6.28. The number of hydrogen-bond donors (Lipinski definition) is 1. The van der Waals surface area contributed by atoms with Crippen LogP contribution in [0.1, 0.15) is 24.3 Å². The minimum Gasteiger partial charge on any atom is -0.465 e. The summed E-state index contributed by atoms with van der Waals surface area (Å²) in [7, 11) is 0. The molecule has 1 aromatic heterocycles. The van der Waals surface area contributed by atoms with E-state index in [9.17, 15) is 9.90 Å². The number of nitrogens with zero attached hydrogens (tertiary/aromatic N) is 3. The van der Waals surface area contributed by atoms with Gasteiger partial charge < -0.3 is 19.3 Å². The molecule has 0 saturated carbocycles. The van der Waals surface area contributed by atoms with Gasteiger partial charge in [0.2, 0.25) is 0 Å². The van der Waals surface area contributed by atoms with Gasteiger partial charge in [0.05, 0.1) is 13.2 Å². The van der Waals surface area contributed by atoms with Crippen molar-refractivity contribution in [3.63, 3.8) is 0 Å². The molecule has 146 valence electrons. The van der Waals surface area contributed by atoms with Gasteiger partial charge in [-0.15, -0.1) is 0 Å². The van der Waals surface area contributed by atoms with Crippen molar-refractivity contribution in [3.05, 3.63) is 35.0 Å². The van der Waals surface area contributed by atoms with Crippen LogP contribution in [0.2, 0.25) is 5.02 Å². The molecule has 2 aliphatic heterocycles. The maximum atomic E-state index is 11.2. The van der Waals surface area contributed by atoms with Crippen LogP contribution < -0.4 is 0 Å². The first-order valence-electron chi connectivity index (χ1n) is 9.68. The molecule has 1 aromatic carbocycles. The fourth-order valence-electron chi connectivity index (χ4n) is 4.26. The molecule has 0 atom stereocenters. The summed E-state index contributed by atoms with van der Waals surface area (Å²) in [5.41, 5.74) is 2.50. The third-order valence-electron chi connectivity index (χ3n) is 5.84. The van der Waals surface area contributed by atoms with Gasteiger partial charge in [-0.2, -0.15) is 0 Å². The SMILES string of the molecule is O=C(O)N1CCC(c2cn(CCN3CCOCC3)c3cc(Cl)ccc23)CC1. The fraction of sp³-hybridized carbons (Fsp3) is 0.550. The number of carboxylic acid groups (broad SMARTS) is 1. The Balaban J connectivity index is 1.55. The molecule has 0 spiro atoms. The Hall–Kier alpha value is -1.76. The van der Waals surface area contributed by atoms with E-state index in [1.807, 2.05) is 12.1 Å². The Labute approximate surface area is 164 Å². The smallest absolute Gasteiger partial charge is 0.407 e. The van der Waals surface area contributed by atoms with Gasteiger partial charge >= 0.3 is 6.09 Å². The highest BCUT2D eigenvalue weighted by molar-refractivity contribution is 6.31. The lowest BCUT2D eigenvalue weighted by Gasteiger charge is -2.29. The number of amides is 1. The van der Waals surface area contributed by atoms with E-state index in [-0.39, 0.29) is 0 Å². The van der Waals surface area contributed by atoms with E-state index in [1.54, 1.807) is 0 Å². The van der Waals surface area contributed by atoms with Crippen molar-refractivity contribution in [2.75, 3.05) is 45.9 Å². The molecule has 2 aliphatic rings. The van der Waals surface area contributed by atoms with Gasteiger partial charge in [-0.05, 0) is 36.5 Å².